The van der Waals surface area contributed by atoms with Gasteiger partial charge in [-0.05, 0) is 79.2 Å². The summed E-state index contributed by atoms with van der Waals surface area (Å²) in [4.78, 5) is 20.0. The number of likely N-dealkylation sites (N-methyl/N-ethyl adjacent to an activating group) is 1. The second-order valence-electron chi connectivity index (χ2n) is 7.84. The van der Waals surface area contributed by atoms with Crippen LogP contribution in [0.3, 0.4) is 0 Å². The average Bonchev–Trinajstić information content (AvgIpc) is 3.15. The summed E-state index contributed by atoms with van der Waals surface area (Å²) < 4.78 is 11.5. The van der Waals surface area contributed by atoms with Crippen molar-refractivity contribution in [3.63, 3.8) is 0 Å². The zero-order chi connectivity index (χ0) is 24.9. The molecule has 5 nitrogen and oxygen atoms in total. The zero-order valence-electron chi connectivity index (χ0n) is 19.5. The number of rotatable bonds is 7. The largest absolute Gasteiger partial charge is 0.493 e. The number of ether oxygens (including phenoxy) is 2. The number of halogens is 2. The lowest BCUT2D eigenvalue weighted by Crippen LogP contribution is -2.28. The van der Waals surface area contributed by atoms with Crippen molar-refractivity contribution in [3.8, 4) is 11.5 Å². The van der Waals surface area contributed by atoms with Gasteiger partial charge in [0, 0.05) is 6.54 Å². The first-order valence-corrected chi connectivity index (χ1v) is 12.6. The van der Waals surface area contributed by atoms with Crippen LogP contribution in [0.1, 0.15) is 23.6 Å². The van der Waals surface area contributed by atoms with E-state index >= 15 is 0 Å². The lowest BCUT2D eigenvalue weighted by Gasteiger charge is -2.12. The van der Waals surface area contributed by atoms with E-state index in [9.17, 15) is 4.79 Å². The van der Waals surface area contributed by atoms with Crippen molar-refractivity contribution < 1.29 is 14.3 Å². The number of aryl methyl sites for hydroxylation is 1. The van der Waals surface area contributed by atoms with Crippen molar-refractivity contribution in [3.05, 3.63) is 92.3 Å². The van der Waals surface area contributed by atoms with Crippen LogP contribution in [0.5, 0.6) is 11.5 Å². The molecule has 3 aromatic carbocycles. The number of amides is 1. The van der Waals surface area contributed by atoms with Gasteiger partial charge in [0.25, 0.3) is 5.91 Å². The highest BCUT2D eigenvalue weighted by Crippen LogP contribution is 2.36. The first kappa shape index (κ1) is 25.2. The molecule has 1 aliphatic heterocycles. The third kappa shape index (κ3) is 6.01. The number of hydrogen-bond donors (Lipinski definition) is 0. The fourth-order valence-electron chi connectivity index (χ4n) is 3.44. The Morgan fingerprint density at radius 3 is 2.46 bits per heavy atom. The molecule has 1 heterocycles. The SMILES string of the molecule is CCN1C(=O)/C(=C\c2ccc(OCc3ccc(Cl)c(Cl)c3)c(OC)c2)SC1=Nc1ccc(C)cc1. The first-order valence-electron chi connectivity index (χ1n) is 11.0. The van der Waals surface area contributed by atoms with Crippen LogP contribution in [-0.4, -0.2) is 29.6 Å². The van der Waals surface area contributed by atoms with Gasteiger partial charge < -0.3 is 9.47 Å². The molecule has 0 radical (unpaired) electrons. The van der Waals surface area contributed by atoms with Crippen LogP contribution >= 0.6 is 35.0 Å². The summed E-state index contributed by atoms with van der Waals surface area (Å²) in [7, 11) is 1.58. The number of nitrogens with zero attached hydrogens (tertiary/aromatic N) is 2. The van der Waals surface area contributed by atoms with Crippen LogP contribution in [0.2, 0.25) is 10.0 Å². The number of carbonyl (C=O) groups excluding carboxylic acids is 1. The molecule has 3 aromatic rings. The molecule has 4 rings (SSSR count). The summed E-state index contributed by atoms with van der Waals surface area (Å²) in [5.74, 6) is 1.08. The molecule has 35 heavy (non-hydrogen) atoms. The van der Waals surface area contributed by atoms with Crippen LogP contribution in [0.4, 0.5) is 5.69 Å². The molecule has 1 saturated heterocycles. The zero-order valence-corrected chi connectivity index (χ0v) is 21.9. The lowest BCUT2D eigenvalue weighted by atomic mass is 10.1. The molecule has 180 valence electrons. The number of aliphatic imine (C=N–C) groups is 1. The Labute approximate surface area is 219 Å². The highest BCUT2D eigenvalue weighted by molar-refractivity contribution is 8.18. The van der Waals surface area contributed by atoms with Gasteiger partial charge in [0.2, 0.25) is 0 Å². The molecule has 0 N–H and O–H groups in total. The third-order valence-electron chi connectivity index (χ3n) is 5.33. The fraction of sp³-hybridized carbons (Fsp3) is 0.185. The predicted molar refractivity (Wildman–Crippen MR) is 145 cm³/mol. The van der Waals surface area contributed by atoms with Gasteiger partial charge in [-0.3, -0.25) is 9.69 Å². The normalized spacial score (nSPS) is 15.8. The number of thioether (sulfide) groups is 1. The number of carbonyl (C=O) groups is 1. The van der Waals surface area contributed by atoms with Crippen molar-refractivity contribution in [2.45, 2.75) is 20.5 Å². The van der Waals surface area contributed by atoms with Gasteiger partial charge in [0.1, 0.15) is 6.61 Å². The molecule has 0 aliphatic carbocycles. The predicted octanol–water partition coefficient (Wildman–Crippen LogP) is 7.51. The second-order valence-corrected chi connectivity index (χ2v) is 9.66. The Morgan fingerprint density at radius 1 is 1.00 bits per heavy atom. The molecule has 0 spiro atoms. The number of hydrogen-bond acceptors (Lipinski definition) is 5. The molecular weight excluding hydrogens is 503 g/mol. The Hall–Kier alpha value is -2.93. The molecule has 1 amide bonds. The van der Waals surface area contributed by atoms with E-state index in [2.05, 4.69) is 4.99 Å². The maximum absolute atomic E-state index is 13.0. The number of methoxy groups -OCH3 is 1. The summed E-state index contributed by atoms with van der Waals surface area (Å²) in [6, 6.07) is 18.8. The van der Waals surface area contributed by atoms with Gasteiger partial charge in [-0.25, -0.2) is 4.99 Å². The molecular formula is C27H24Cl2N2O3S. The summed E-state index contributed by atoms with van der Waals surface area (Å²) >= 11 is 13.4. The van der Waals surface area contributed by atoms with Gasteiger partial charge in [0.15, 0.2) is 16.7 Å². The third-order valence-corrected chi connectivity index (χ3v) is 7.07. The van der Waals surface area contributed by atoms with Gasteiger partial charge in [-0.15, -0.1) is 0 Å². The van der Waals surface area contributed by atoms with Crippen molar-refractivity contribution in [2.24, 2.45) is 4.99 Å². The lowest BCUT2D eigenvalue weighted by molar-refractivity contribution is -0.122. The van der Waals surface area contributed by atoms with Crippen LogP contribution in [0, 0.1) is 6.92 Å². The molecule has 8 heteroatoms. The van der Waals surface area contributed by atoms with E-state index in [0.29, 0.717) is 44.8 Å². The van der Waals surface area contributed by atoms with Gasteiger partial charge in [0.05, 0.1) is 27.7 Å². The molecule has 0 unspecified atom stereocenters. The summed E-state index contributed by atoms with van der Waals surface area (Å²) in [6.07, 6.45) is 1.85. The Balaban J connectivity index is 1.53. The summed E-state index contributed by atoms with van der Waals surface area (Å²) in [5.41, 5.74) is 3.69. The Bertz CT molecular complexity index is 1310. The topological polar surface area (TPSA) is 51.1 Å². The minimum Gasteiger partial charge on any atom is -0.493 e. The van der Waals surface area contributed by atoms with E-state index < -0.39 is 0 Å². The second kappa shape index (κ2) is 11.2. The van der Waals surface area contributed by atoms with Crippen molar-refractivity contribution >= 4 is 57.8 Å². The van der Waals surface area contributed by atoms with Gasteiger partial charge in [-0.1, -0.05) is 53.0 Å². The summed E-state index contributed by atoms with van der Waals surface area (Å²) in [5, 5.41) is 1.64. The molecule has 0 bridgehead atoms. The molecule has 0 saturated carbocycles. The van der Waals surface area contributed by atoms with E-state index in [1.807, 2.05) is 68.5 Å². The fourth-order valence-corrected chi connectivity index (χ4v) is 4.82. The Morgan fingerprint density at radius 2 is 1.77 bits per heavy atom. The highest BCUT2D eigenvalue weighted by Gasteiger charge is 2.32. The molecule has 1 fully saturated rings. The Kier molecular flexibility index (Phi) is 8.06. The van der Waals surface area contributed by atoms with Crippen LogP contribution in [-0.2, 0) is 11.4 Å². The number of benzene rings is 3. The number of amidine groups is 1. The quantitative estimate of drug-likeness (QED) is 0.299. The van der Waals surface area contributed by atoms with E-state index in [1.165, 1.54) is 11.8 Å². The van der Waals surface area contributed by atoms with Crippen LogP contribution in [0.25, 0.3) is 6.08 Å². The standard InChI is InChI=1S/C27H24Cl2N2O3S/c1-4-31-26(32)25(35-27(31)30-20-9-5-17(2)6-10-20)15-18-8-12-23(24(14-18)33-3)34-16-19-7-11-21(28)22(29)13-19/h5-15H,4,16H2,1-3H3/b25-15+,30-27?. The van der Waals surface area contributed by atoms with E-state index in [1.54, 1.807) is 24.1 Å². The first-order chi connectivity index (χ1) is 16.9. The molecule has 0 aromatic heterocycles. The van der Waals surface area contributed by atoms with Gasteiger partial charge in [-0.2, -0.15) is 0 Å². The maximum Gasteiger partial charge on any atom is 0.266 e. The van der Waals surface area contributed by atoms with Crippen molar-refractivity contribution in [1.82, 2.24) is 4.90 Å². The van der Waals surface area contributed by atoms with E-state index in [0.717, 1.165) is 22.4 Å². The van der Waals surface area contributed by atoms with Crippen LogP contribution in [0.15, 0.2) is 70.6 Å². The van der Waals surface area contributed by atoms with Crippen molar-refractivity contribution in [1.29, 1.82) is 0 Å². The van der Waals surface area contributed by atoms with Gasteiger partial charge >= 0.3 is 0 Å². The van der Waals surface area contributed by atoms with E-state index in [4.69, 9.17) is 32.7 Å². The highest BCUT2D eigenvalue weighted by atomic mass is 35.5. The maximum atomic E-state index is 13.0. The average molecular weight is 527 g/mol. The summed E-state index contributed by atoms with van der Waals surface area (Å²) in [6.45, 7) is 4.82. The molecule has 0 atom stereocenters. The minimum atomic E-state index is -0.0673. The van der Waals surface area contributed by atoms with Crippen molar-refractivity contribution in [2.75, 3.05) is 13.7 Å². The van der Waals surface area contributed by atoms with Crippen LogP contribution < -0.4 is 9.47 Å². The molecule has 1 aliphatic rings. The minimum absolute atomic E-state index is 0.0673. The smallest absolute Gasteiger partial charge is 0.266 e. The van der Waals surface area contributed by atoms with E-state index in [-0.39, 0.29) is 5.91 Å². The monoisotopic (exact) mass is 526 g/mol.